The fraction of sp³-hybridized carbons (Fsp3) is 0.294. The Bertz CT molecular complexity index is 859. The number of unbranched alkanes of at least 4 members (excludes halogenated alkanes) is 1. The third-order valence-electron chi connectivity index (χ3n) is 3.51. The van der Waals surface area contributed by atoms with Gasteiger partial charge in [0.15, 0.2) is 5.16 Å². The highest BCUT2D eigenvalue weighted by Crippen LogP contribution is 2.22. The van der Waals surface area contributed by atoms with Gasteiger partial charge >= 0.3 is 0 Å². The van der Waals surface area contributed by atoms with E-state index in [1.165, 1.54) is 0 Å². The number of thioether (sulfide) groups is 1. The van der Waals surface area contributed by atoms with Crippen LogP contribution < -0.4 is 5.56 Å². The molecule has 2 aromatic heterocycles. The molecule has 0 aliphatic rings. The van der Waals surface area contributed by atoms with E-state index in [0.29, 0.717) is 27.6 Å². The van der Waals surface area contributed by atoms with Crippen molar-refractivity contribution in [2.45, 2.75) is 31.5 Å². The minimum absolute atomic E-state index is 0.0675. The summed E-state index contributed by atoms with van der Waals surface area (Å²) in [4.78, 5) is 17.5. The molecule has 0 spiro atoms. The van der Waals surface area contributed by atoms with Gasteiger partial charge in [0.2, 0.25) is 0 Å². The molecule has 0 aliphatic carbocycles. The van der Waals surface area contributed by atoms with Crippen molar-refractivity contribution in [3.05, 3.63) is 57.7 Å². The Morgan fingerprint density at radius 3 is 2.96 bits per heavy atom. The first-order valence-corrected chi connectivity index (χ1v) is 8.90. The Balaban J connectivity index is 2.09. The van der Waals surface area contributed by atoms with Crippen LogP contribution in [0.25, 0.3) is 10.9 Å². The van der Waals surface area contributed by atoms with E-state index >= 15 is 0 Å². The van der Waals surface area contributed by atoms with Crippen molar-refractivity contribution in [1.82, 2.24) is 9.55 Å². The number of nitrogens with zero attached hydrogens (tertiary/aromatic N) is 2. The van der Waals surface area contributed by atoms with Gasteiger partial charge in [-0.05, 0) is 36.8 Å². The van der Waals surface area contributed by atoms with Gasteiger partial charge in [-0.3, -0.25) is 9.36 Å². The Morgan fingerprint density at radius 1 is 1.35 bits per heavy atom. The van der Waals surface area contributed by atoms with E-state index in [9.17, 15) is 4.79 Å². The molecule has 3 rings (SSSR count). The summed E-state index contributed by atoms with van der Waals surface area (Å²) in [5.74, 6) is 1.66. The van der Waals surface area contributed by atoms with E-state index in [1.807, 2.05) is 12.1 Å². The summed E-state index contributed by atoms with van der Waals surface area (Å²) in [7, 11) is 0. The molecule has 0 radical (unpaired) electrons. The van der Waals surface area contributed by atoms with Gasteiger partial charge < -0.3 is 4.42 Å². The lowest BCUT2D eigenvalue weighted by Gasteiger charge is -2.12. The Morgan fingerprint density at radius 2 is 2.22 bits per heavy atom. The van der Waals surface area contributed by atoms with Crippen LogP contribution in [-0.2, 0) is 6.54 Å². The van der Waals surface area contributed by atoms with Crippen molar-refractivity contribution in [3.8, 4) is 0 Å². The third kappa shape index (κ3) is 3.62. The molecule has 0 atom stereocenters. The summed E-state index contributed by atoms with van der Waals surface area (Å²) >= 11 is 7.63. The number of furan rings is 1. The Kier molecular flexibility index (Phi) is 5.08. The second-order valence-electron chi connectivity index (χ2n) is 5.23. The molecule has 0 amide bonds. The molecular formula is C17H17ClN2O2S. The maximum atomic E-state index is 12.8. The summed E-state index contributed by atoms with van der Waals surface area (Å²) in [6.07, 6.45) is 3.79. The molecule has 0 bridgehead atoms. The molecule has 0 saturated heterocycles. The lowest BCUT2D eigenvalue weighted by molar-refractivity contribution is 0.476. The van der Waals surface area contributed by atoms with Crippen LogP contribution in [0.2, 0.25) is 5.02 Å². The summed E-state index contributed by atoms with van der Waals surface area (Å²) in [5.41, 5.74) is 0.569. The largest absolute Gasteiger partial charge is 0.467 e. The fourth-order valence-corrected chi connectivity index (χ4v) is 3.54. The van der Waals surface area contributed by atoms with Crippen LogP contribution in [0.15, 0.2) is 51.0 Å². The van der Waals surface area contributed by atoms with Gasteiger partial charge in [0.25, 0.3) is 5.56 Å². The van der Waals surface area contributed by atoms with Gasteiger partial charge in [-0.15, -0.1) is 0 Å². The predicted molar refractivity (Wildman–Crippen MR) is 94.5 cm³/mol. The summed E-state index contributed by atoms with van der Waals surface area (Å²) < 4.78 is 7.06. The molecule has 0 aliphatic heterocycles. The fourth-order valence-electron chi connectivity index (χ4n) is 2.29. The van der Waals surface area contributed by atoms with Crippen LogP contribution in [0.3, 0.4) is 0 Å². The number of benzene rings is 1. The van der Waals surface area contributed by atoms with Crippen LogP contribution in [0.4, 0.5) is 0 Å². The molecule has 120 valence electrons. The second kappa shape index (κ2) is 7.23. The van der Waals surface area contributed by atoms with Crippen LogP contribution >= 0.6 is 23.4 Å². The van der Waals surface area contributed by atoms with Crippen LogP contribution in [0.1, 0.15) is 25.5 Å². The van der Waals surface area contributed by atoms with Crippen molar-refractivity contribution >= 4 is 34.3 Å². The predicted octanol–water partition coefficient (Wildman–Crippen LogP) is 4.58. The van der Waals surface area contributed by atoms with Crippen molar-refractivity contribution < 1.29 is 4.42 Å². The standard InChI is InChI=1S/C17H17ClN2O2S/c1-2-3-9-23-17-19-15-10-12(18)6-7-14(15)16(21)20(17)11-13-5-4-8-22-13/h4-8,10H,2-3,9,11H2,1H3. The molecule has 1 aromatic carbocycles. The average molecular weight is 349 g/mol. The zero-order chi connectivity index (χ0) is 16.2. The van der Waals surface area contributed by atoms with Gasteiger partial charge in [-0.1, -0.05) is 36.7 Å². The first kappa shape index (κ1) is 16.1. The van der Waals surface area contributed by atoms with Gasteiger partial charge in [0.1, 0.15) is 5.76 Å². The number of aromatic nitrogens is 2. The minimum atomic E-state index is -0.0675. The van der Waals surface area contributed by atoms with Crippen molar-refractivity contribution in [2.24, 2.45) is 0 Å². The maximum Gasteiger partial charge on any atom is 0.262 e. The maximum absolute atomic E-state index is 12.8. The first-order chi connectivity index (χ1) is 11.2. The van der Waals surface area contributed by atoms with Gasteiger partial charge in [0.05, 0.1) is 23.7 Å². The lowest BCUT2D eigenvalue weighted by Crippen LogP contribution is -2.24. The molecule has 23 heavy (non-hydrogen) atoms. The van der Waals surface area contributed by atoms with E-state index in [4.69, 9.17) is 16.0 Å². The number of halogens is 1. The number of fused-ring (bicyclic) bond motifs is 1. The smallest absolute Gasteiger partial charge is 0.262 e. The zero-order valence-electron chi connectivity index (χ0n) is 12.8. The van der Waals surface area contributed by atoms with E-state index in [-0.39, 0.29) is 5.56 Å². The van der Waals surface area contributed by atoms with E-state index in [0.717, 1.165) is 24.4 Å². The molecule has 0 saturated carbocycles. The van der Waals surface area contributed by atoms with E-state index in [1.54, 1.807) is 40.8 Å². The minimum Gasteiger partial charge on any atom is -0.467 e. The number of hydrogen-bond acceptors (Lipinski definition) is 4. The van der Waals surface area contributed by atoms with E-state index < -0.39 is 0 Å². The third-order valence-corrected chi connectivity index (χ3v) is 4.80. The first-order valence-electron chi connectivity index (χ1n) is 7.54. The average Bonchev–Trinajstić information content (AvgIpc) is 3.04. The van der Waals surface area contributed by atoms with Gasteiger partial charge in [0, 0.05) is 10.8 Å². The summed E-state index contributed by atoms with van der Waals surface area (Å²) in [5, 5.41) is 1.85. The van der Waals surface area contributed by atoms with Crippen LogP contribution in [0, 0.1) is 0 Å². The Hall–Kier alpha value is -1.72. The summed E-state index contributed by atoms with van der Waals surface area (Å²) in [6, 6.07) is 8.86. The zero-order valence-corrected chi connectivity index (χ0v) is 14.4. The van der Waals surface area contributed by atoms with Gasteiger partial charge in [-0.2, -0.15) is 0 Å². The van der Waals surface area contributed by atoms with Crippen molar-refractivity contribution in [2.75, 3.05) is 5.75 Å². The van der Waals surface area contributed by atoms with Crippen LogP contribution in [0.5, 0.6) is 0 Å². The topological polar surface area (TPSA) is 48.0 Å². The monoisotopic (exact) mass is 348 g/mol. The second-order valence-corrected chi connectivity index (χ2v) is 6.73. The molecule has 0 fully saturated rings. The number of rotatable bonds is 6. The molecule has 3 aromatic rings. The molecule has 2 heterocycles. The molecule has 0 unspecified atom stereocenters. The normalized spacial score (nSPS) is 11.2. The SMILES string of the molecule is CCCCSc1nc2cc(Cl)ccc2c(=O)n1Cc1ccco1. The highest BCUT2D eigenvalue weighted by molar-refractivity contribution is 7.99. The van der Waals surface area contributed by atoms with E-state index in [2.05, 4.69) is 11.9 Å². The van der Waals surface area contributed by atoms with Crippen LogP contribution in [-0.4, -0.2) is 15.3 Å². The molecular weight excluding hydrogens is 332 g/mol. The highest BCUT2D eigenvalue weighted by atomic mass is 35.5. The molecule has 0 N–H and O–H groups in total. The number of hydrogen-bond donors (Lipinski definition) is 0. The highest BCUT2D eigenvalue weighted by Gasteiger charge is 2.13. The van der Waals surface area contributed by atoms with Crippen molar-refractivity contribution in [3.63, 3.8) is 0 Å². The molecule has 4 nitrogen and oxygen atoms in total. The quantitative estimate of drug-likeness (QED) is 0.371. The van der Waals surface area contributed by atoms with Crippen molar-refractivity contribution in [1.29, 1.82) is 0 Å². The lowest BCUT2D eigenvalue weighted by atomic mass is 10.2. The van der Waals surface area contributed by atoms with Gasteiger partial charge in [-0.25, -0.2) is 4.98 Å². The summed E-state index contributed by atoms with van der Waals surface area (Å²) in [6.45, 7) is 2.52. The molecule has 6 heteroatoms. The Labute approximate surface area is 143 Å².